The highest BCUT2D eigenvalue weighted by atomic mass is 32.2. The van der Waals surface area contributed by atoms with E-state index < -0.39 is 52.3 Å². The molecule has 2 aliphatic rings. The second kappa shape index (κ2) is 11.8. The molecular weight excluding hydrogens is 565 g/mol. The first-order valence-corrected chi connectivity index (χ1v) is 13.3. The Morgan fingerprint density at radius 1 is 1.10 bits per heavy atom. The first-order valence-electron chi connectivity index (χ1n) is 11.8. The number of aromatic nitrogens is 1. The van der Waals surface area contributed by atoms with Gasteiger partial charge in [0.15, 0.2) is 0 Å². The summed E-state index contributed by atoms with van der Waals surface area (Å²) < 4.78 is 84.3. The molecule has 2 saturated heterocycles. The number of piperazine rings is 1. The van der Waals surface area contributed by atoms with Crippen molar-refractivity contribution in [3.05, 3.63) is 42.6 Å². The van der Waals surface area contributed by atoms with E-state index in [9.17, 15) is 36.4 Å². The fourth-order valence-corrected chi connectivity index (χ4v) is 6.25. The quantitative estimate of drug-likeness (QED) is 0.252. The molecule has 0 unspecified atom stereocenters. The Morgan fingerprint density at radius 2 is 1.80 bits per heavy atom. The van der Waals surface area contributed by atoms with E-state index in [1.807, 2.05) is 0 Å². The van der Waals surface area contributed by atoms with Crippen molar-refractivity contribution in [2.45, 2.75) is 42.2 Å². The second-order valence-electron chi connectivity index (χ2n) is 8.76. The van der Waals surface area contributed by atoms with E-state index in [1.54, 1.807) is 0 Å². The summed E-state index contributed by atoms with van der Waals surface area (Å²) in [7, 11) is -2.92. The van der Waals surface area contributed by atoms with Crippen molar-refractivity contribution in [3.8, 4) is 17.4 Å². The van der Waals surface area contributed by atoms with Gasteiger partial charge >= 0.3 is 12.5 Å². The van der Waals surface area contributed by atoms with Crippen LogP contribution >= 0.6 is 0 Å². The monoisotopic (exact) mass is 590 g/mol. The van der Waals surface area contributed by atoms with Gasteiger partial charge in [-0.05, 0) is 43.2 Å². The number of carbonyl (C=O) groups is 2. The largest absolute Gasteiger partial charge is 0.573 e. The number of hydrogen-bond donors (Lipinski definition) is 2. The number of pyridine rings is 1. The lowest BCUT2D eigenvalue weighted by atomic mass is 10.1. The number of rotatable bonds is 9. The van der Waals surface area contributed by atoms with Crippen LogP contribution in [0.4, 0.5) is 18.0 Å². The minimum Gasteiger partial charge on any atom is -0.447 e. The second-order valence-corrected chi connectivity index (χ2v) is 10.7. The van der Waals surface area contributed by atoms with Crippen LogP contribution in [-0.4, -0.2) is 91.2 Å². The maximum atomic E-state index is 13.6. The molecule has 2 N–H and O–H groups in total. The normalized spacial score (nSPS) is 21.1. The molecular formula is C23H25F3N4O9S. The Morgan fingerprint density at radius 3 is 2.40 bits per heavy atom. The molecule has 0 spiro atoms. The molecule has 3 heterocycles. The van der Waals surface area contributed by atoms with Crippen LogP contribution in [0.25, 0.3) is 0 Å². The molecule has 2 bridgehead atoms. The lowest BCUT2D eigenvalue weighted by Crippen LogP contribution is -2.66. The third-order valence-corrected chi connectivity index (χ3v) is 8.14. The number of hydrogen-bond acceptors (Lipinski definition) is 10. The minimum atomic E-state index is -4.85. The molecule has 0 saturated carbocycles. The fourth-order valence-electron chi connectivity index (χ4n) is 4.65. The first kappa shape index (κ1) is 29.3. The van der Waals surface area contributed by atoms with Crippen molar-refractivity contribution in [2.75, 3.05) is 26.9 Å². The molecule has 218 valence electrons. The summed E-state index contributed by atoms with van der Waals surface area (Å²) in [5.74, 6) is -1.42. The van der Waals surface area contributed by atoms with Crippen molar-refractivity contribution in [3.63, 3.8) is 0 Å². The molecule has 0 aliphatic carbocycles. The summed E-state index contributed by atoms with van der Waals surface area (Å²) >= 11 is 0. The number of alkyl halides is 3. The molecule has 2 fully saturated rings. The van der Waals surface area contributed by atoms with E-state index in [0.717, 1.165) is 22.6 Å². The van der Waals surface area contributed by atoms with Crippen LogP contribution in [0.3, 0.4) is 0 Å². The zero-order valence-electron chi connectivity index (χ0n) is 20.9. The van der Waals surface area contributed by atoms with Crippen LogP contribution in [0.2, 0.25) is 0 Å². The van der Waals surface area contributed by atoms with Crippen molar-refractivity contribution >= 4 is 22.0 Å². The number of carbonyl (C=O) groups excluding carboxylic acids is 2. The molecule has 2 amide bonds. The van der Waals surface area contributed by atoms with Gasteiger partial charge in [0.2, 0.25) is 15.9 Å². The Bertz CT molecular complexity index is 1310. The van der Waals surface area contributed by atoms with Crippen molar-refractivity contribution < 1.29 is 55.3 Å². The van der Waals surface area contributed by atoms with Gasteiger partial charge in [0.1, 0.15) is 29.0 Å². The van der Waals surface area contributed by atoms with Crippen LogP contribution in [-0.2, 0) is 24.3 Å². The van der Waals surface area contributed by atoms with Gasteiger partial charge in [0, 0.05) is 25.8 Å². The summed E-state index contributed by atoms with van der Waals surface area (Å²) in [4.78, 5) is 30.3. The topological polar surface area (TPSA) is 157 Å². The predicted octanol–water partition coefficient (Wildman–Crippen LogP) is 2.27. The van der Waals surface area contributed by atoms with Crippen molar-refractivity contribution in [2.24, 2.45) is 0 Å². The highest BCUT2D eigenvalue weighted by molar-refractivity contribution is 7.89. The van der Waals surface area contributed by atoms with Crippen molar-refractivity contribution in [1.29, 1.82) is 0 Å². The summed E-state index contributed by atoms with van der Waals surface area (Å²) in [5.41, 5.74) is 1.48. The average molecular weight is 591 g/mol. The lowest BCUT2D eigenvalue weighted by Gasteiger charge is -2.44. The predicted molar refractivity (Wildman–Crippen MR) is 127 cm³/mol. The Balaban J connectivity index is 1.51. The summed E-state index contributed by atoms with van der Waals surface area (Å²) in [6.45, 7) is -0.114. The number of halogens is 3. The highest BCUT2D eigenvalue weighted by Crippen LogP contribution is 2.38. The van der Waals surface area contributed by atoms with E-state index in [1.165, 1.54) is 41.8 Å². The van der Waals surface area contributed by atoms with Gasteiger partial charge in [-0.1, -0.05) is 0 Å². The van der Waals surface area contributed by atoms with Gasteiger partial charge in [-0.2, -0.15) is 4.31 Å². The van der Waals surface area contributed by atoms with Gasteiger partial charge in [-0.3, -0.25) is 14.9 Å². The maximum Gasteiger partial charge on any atom is 0.573 e. The van der Waals surface area contributed by atoms with Gasteiger partial charge in [0.25, 0.3) is 5.91 Å². The van der Waals surface area contributed by atoms with Gasteiger partial charge < -0.3 is 18.9 Å². The molecule has 4 rings (SSSR count). The average Bonchev–Trinajstić information content (AvgIpc) is 3.22. The Hall–Kier alpha value is -3.67. The van der Waals surface area contributed by atoms with Crippen LogP contribution < -0.4 is 15.0 Å². The number of nitrogens with one attached hydrogen (secondary N) is 1. The summed E-state index contributed by atoms with van der Waals surface area (Å²) in [5, 5.41) is 9.35. The van der Waals surface area contributed by atoms with E-state index >= 15 is 0 Å². The van der Waals surface area contributed by atoms with Crippen LogP contribution in [0.5, 0.6) is 17.4 Å². The minimum absolute atomic E-state index is 0.0320. The van der Waals surface area contributed by atoms with E-state index in [4.69, 9.17) is 14.2 Å². The number of benzene rings is 1. The third-order valence-electron chi connectivity index (χ3n) is 6.31. The van der Waals surface area contributed by atoms with Gasteiger partial charge in [0.05, 0.1) is 18.8 Å². The third kappa shape index (κ3) is 6.38. The number of fused-ring (bicyclic) bond motifs is 2. The van der Waals surface area contributed by atoms with Crippen LogP contribution in [0.15, 0.2) is 47.5 Å². The maximum absolute atomic E-state index is 13.6. The summed E-state index contributed by atoms with van der Waals surface area (Å²) in [6, 6.07) is 3.99. The summed E-state index contributed by atoms with van der Waals surface area (Å²) in [6.07, 6.45) is -3.87. The van der Waals surface area contributed by atoms with Gasteiger partial charge in [-0.25, -0.2) is 23.7 Å². The zero-order valence-corrected chi connectivity index (χ0v) is 21.7. The SMILES string of the molecule is COCCOC(=O)N1[C@@H]2CC[C@H]1[C@H](C(=O)NO)N(S(=O)(=O)c1ccc(Oc3ccc(OC(F)(F)F)cc3)nc1)C2. The lowest BCUT2D eigenvalue weighted by molar-refractivity contribution is -0.274. The smallest absolute Gasteiger partial charge is 0.447 e. The standard InChI is InChI=1S/C23H25F3N4O9S/c1-36-10-11-37-22(32)30-14-2-8-18(30)20(21(31)28-33)29(13-14)40(34,35)17-7-9-19(27-12-17)38-15-3-5-16(6-4-15)39-23(24,25)26/h3-7,9,12,14,18,20,33H,2,8,10-11,13H2,1H3,(H,28,31)/t14-,18+,20-/m1/s1. The number of amides is 2. The zero-order chi connectivity index (χ0) is 29.1. The first-order chi connectivity index (χ1) is 18.9. The molecule has 1 aromatic carbocycles. The molecule has 2 aromatic rings. The van der Waals surface area contributed by atoms with Crippen LogP contribution in [0, 0.1) is 0 Å². The molecule has 3 atom stereocenters. The molecule has 13 nitrogen and oxygen atoms in total. The molecule has 2 aliphatic heterocycles. The number of nitrogens with zero attached hydrogens (tertiary/aromatic N) is 3. The number of sulfonamides is 1. The molecule has 17 heteroatoms. The molecule has 0 radical (unpaired) electrons. The highest BCUT2D eigenvalue weighted by Gasteiger charge is 2.55. The van der Waals surface area contributed by atoms with Crippen molar-refractivity contribution in [1.82, 2.24) is 19.7 Å². The van der Waals surface area contributed by atoms with Gasteiger partial charge in [-0.15, -0.1) is 13.2 Å². The van der Waals surface area contributed by atoms with E-state index in [-0.39, 0.29) is 36.3 Å². The Kier molecular flexibility index (Phi) is 8.67. The number of hydroxylamine groups is 1. The number of ether oxygens (including phenoxy) is 4. The Labute approximate surface area is 226 Å². The molecule has 1 aromatic heterocycles. The van der Waals surface area contributed by atoms with E-state index in [0.29, 0.717) is 12.8 Å². The van der Waals surface area contributed by atoms with Crippen LogP contribution in [0.1, 0.15) is 12.8 Å². The fraction of sp³-hybridized carbons (Fsp3) is 0.435. The molecule has 40 heavy (non-hydrogen) atoms. The van der Waals surface area contributed by atoms with E-state index in [2.05, 4.69) is 9.72 Å². The number of methoxy groups -OCH3 is 1.